The molecule has 0 aromatic heterocycles. The molecule has 0 aromatic carbocycles. The lowest BCUT2D eigenvalue weighted by atomic mass is 9.72. The fourth-order valence-corrected chi connectivity index (χ4v) is 3.70. The molecule has 0 nitrogen and oxygen atoms in total. The maximum atomic E-state index is 14.0. The van der Waals surface area contributed by atoms with E-state index in [1.54, 1.807) is 0 Å². The molecule has 0 heterocycles. The summed E-state index contributed by atoms with van der Waals surface area (Å²) in [4.78, 5) is 0. The van der Waals surface area contributed by atoms with E-state index < -0.39 is 6.17 Å². The lowest BCUT2D eigenvalue weighted by molar-refractivity contribution is 0.0969. The van der Waals surface area contributed by atoms with Crippen LogP contribution >= 0.6 is 0 Å². The minimum absolute atomic E-state index is 0.438. The van der Waals surface area contributed by atoms with Gasteiger partial charge in [-0.05, 0) is 48.9 Å². The molecule has 0 aromatic rings. The highest BCUT2D eigenvalue weighted by atomic mass is 19.1. The van der Waals surface area contributed by atoms with Gasteiger partial charge in [-0.25, -0.2) is 4.39 Å². The lowest BCUT2D eigenvalue weighted by Gasteiger charge is -2.35. The highest BCUT2D eigenvalue weighted by Gasteiger charge is 2.54. The molecule has 0 radical (unpaired) electrons. The second kappa shape index (κ2) is 2.96. The molecule has 4 atom stereocenters. The van der Waals surface area contributed by atoms with Crippen molar-refractivity contribution in [2.45, 2.75) is 58.0 Å². The predicted octanol–water partition coefficient (Wildman–Crippen LogP) is 3.95. The molecule has 0 aliphatic heterocycles. The third-order valence-corrected chi connectivity index (χ3v) is 5.32. The zero-order chi connectivity index (χ0) is 9.76. The van der Waals surface area contributed by atoms with Gasteiger partial charge >= 0.3 is 0 Å². The molecule has 4 unspecified atom stereocenters. The Balaban J connectivity index is 1.68. The smallest absolute Gasteiger partial charge is 0.103 e. The third kappa shape index (κ3) is 1.31. The van der Waals surface area contributed by atoms with E-state index in [0.717, 1.165) is 18.3 Å². The molecular weight excluding hydrogens is 175 g/mol. The van der Waals surface area contributed by atoms with Gasteiger partial charge in [-0.2, -0.15) is 0 Å². The molecule has 1 heteroatoms. The maximum Gasteiger partial charge on any atom is 0.103 e. The first-order valence-corrected chi connectivity index (χ1v) is 6.33. The van der Waals surface area contributed by atoms with Crippen LogP contribution in [0.3, 0.4) is 0 Å². The van der Waals surface area contributed by atoms with E-state index in [2.05, 4.69) is 6.92 Å². The van der Waals surface area contributed by atoms with Crippen molar-refractivity contribution < 1.29 is 4.39 Å². The second-order valence-electron chi connectivity index (χ2n) is 6.20. The van der Waals surface area contributed by atoms with Crippen LogP contribution in [-0.2, 0) is 0 Å². The zero-order valence-corrected chi connectivity index (χ0v) is 9.14. The number of rotatable bonds is 1. The quantitative estimate of drug-likeness (QED) is 0.595. The topological polar surface area (TPSA) is 0 Å². The summed E-state index contributed by atoms with van der Waals surface area (Å²) in [5.74, 6) is 1.93. The molecule has 3 rings (SSSR count). The molecule has 3 fully saturated rings. The van der Waals surface area contributed by atoms with E-state index in [0.29, 0.717) is 11.3 Å². The summed E-state index contributed by atoms with van der Waals surface area (Å²) in [5.41, 5.74) is 0.558. The normalized spacial score (nSPS) is 53.1. The van der Waals surface area contributed by atoms with Gasteiger partial charge < -0.3 is 0 Å². The molecule has 3 saturated carbocycles. The van der Waals surface area contributed by atoms with E-state index in [1.807, 2.05) is 0 Å². The van der Waals surface area contributed by atoms with Gasteiger partial charge in [-0.15, -0.1) is 0 Å². The average Bonchev–Trinajstić information content (AvgIpc) is 2.67. The summed E-state index contributed by atoms with van der Waals surface area (Å²) in [6, 6.07) is 0. The Hall–Kier alpha value is -0.0700. The second-order valence-corrected chi connectivity index (χ2v) is 6.20. The van der Waals surface area contributed by atoms with Crippen molar-refractivity contribution in [2.24, 2.45) is 23.2 Å². The average molecular weight is 196 g/mol. The third-order valence-electron chi connectivity index (χ3n) is 5.32. The highest BCUT2D eigenvalue weighted by molar-refractivity contribution is 5.03. The number of fused-ring (bicyclic) bond motifs is 1. The molecule has 3 aliphatic carbocycles. The van der Waals surface area contributed by atoms with Crippen LogP contribution in [-0.4, -0.2) is 6.17 Å². The van der Waals surface area contributed by atoms with Gasteiger partial charge in [0, 0.05) is 0 Å². The zero-order valence-electron chi connectivity index (χ0n) is 9.14. The van der Waals surface area contributed by atoms with Gasteiger partial charge in [-0.3, -0.25) is 0 Å². The summed E-state index contributed by atoms with van der Waals surface area (Å²) in [6.45, 7) is 2.37. The first-order valence-electron chi connectivity index (χ1n) is 6.33. The minimum Gasteiger partial charge on any atom is -0.247 e. The molecule has 80 valence electrons. The van der Waals surface area contributed by atoms with Crippen molar-refractivity contribution in [1.29, 1.82) is 0 Å². The first-order chi connectivity index (χ1) is 6.69. The largest absolute Gasteiger partial charge is 0.247 e. The molecular formula is C13H21F. The number of alkyl halides is 1. The van der Waals surface area contributed by atoms with Crippen LogP contribution in [0.1, 0.15) is 51.9 Å². The summed E-state index contributed by atoms with van der Waals surface area (Å²) >= 11 is 0. The standard InChI is InChI=1S/C13H21F/c1-13-6-5-11(9-3-2-4-9)12(14)7-10(13)8-13/h9-12H,2-8H2,1H3. The summed E-state index contributed by atoms with van der Waals surface area (Å²) in [7, 11) is 0. The van der Waals surface area contributed by atoms with Gasteiger partial charge in [0.15, 0.2) is 0 Å². The van der Waals surface area contributed by atoms with Crippen LogP contribution in [0.15, 0.2) is 0 Å². The van der Waals surface area contributed by atoms with Gasteiger partial charge in [0.2, 0.25) is 0 Å². The van der Waals surface area contributed by atoms with Crippen LogP contribution in [0.25, 0.3) is 0 Å². The Morgan fingerprint density at radius 2 is 2.00 bits per heavy atom. The molecule has 3 aliphatic rings. The minimum atomic E-state index is -0.463. The molecule has 0 amide bonds. The van der Waals surface area contributed by atoms with Gasteiger partial charge in [0.1, 0.15) is 6.17 Å². The number of hydrogen-bond donors (Lipinski definition) is 0. The molecule has 0 bridgehead atoms. The van der Waals surface area contributed by atoms with Crippen LogP contribution < -0.4 is 0 Å². The monoisotopic (exact) mass is 196 g/mol. The van der Waals surface area contributed by atoms with Gasteiger partial charge in [0.05, 0.1) is 0 Å². The molecule has 0 saturated heterocycles. The van der Waals surface area contributed by atoms with E-state index in [-0.39, 0.29) is 0 Å². The molecule has 0 N–H and O–H groups in total. The summed E-state index contributed by atoms with van der Waals surface area (Å²) < 4.78 is 14.0. The van der Waals surface area contributed by atoms with Crippen LogP contribution in [0.4, 0.5) is 4.39 Å². The first kappa shape index (κ1) is 9.18. The highest BCUT2D eigenvalue weighted by Crippen LogP contribution is 2.62. The van der Waals surface area contributed by atoms with E-state index in [1.165, 1.54) is 38.5 Å². The Labute approximate surface area is 86.3 Å². The van der Waals surface area contributed by atoms with Gasteiger partial charge in [-0.1, -0.05) is 26.2 Å². The Morgan fingerprint density at radius 1 is 1.21 bits per heavy atom. The van der Waals surface area contributed by atoms with Crippen LogP contribution in [0.2, 0.25) is 0 Å². The maximum absolute atomic E-state index is 14.0. The SMILES string of the molecule is CC12CCC(C3CCC3)C(F)CC1C2. The van der Waals surface area contributed by atoms with Gasteiger partial charge in [0.25, 0.3) is 0 Å². The van der Waals surface area contributed by atoms with Crippen LogP contribution in [0.5, 0.6) is 0 Å². The lowest BCUT2D eigenvalue weighted by Crippen LogP contribution is -2.29. The number of halogens is 1. The van der Waals surface area contributed by atoms with Crippen molar-refractivity contribution in [1.82, 2.24) is 0 Å². The van der Waals surface area contributed by atoms with Crippen molar-refractivity contribution in [3.05, 3.63) is 0 Å². The summed E-state index contributed by atoms with van der Waals surface area (Å²) in [6.07, 6.45) is 8.20. The summed E-state index contributed by atoms with van der Waals surface area (Å²) in [5, 5.41) is 0. The molecule has 14 heavy (non-hydrogen) atoms. The fraction of sp³-hybridized carbons (Fsp3) is 1.00. The molecule has 0 spiro atoms. The van der Waals surface area contributed by atoms with Crippen LogP contribution in [0, 0.1) is 23.2 Å². The van der Waals surface area contributed by atoms with E-state index in [4.69, 9.17) is 0 Å². The van der Waals surface area contributed by atoms with Crippen molar-refractivity contribution in [2.75, 3.05) is 0 Å². The van der Waals surface area contributed by atoms with E-state index in [9.17, 15) is 4.39 Å². The van der Waals surface area contributed by atoms with Crippen molar-refractivity contribution >= 4 is 0 Å². The number of hydrogen-bond acceptors (Lipinski definition) is 0. The van der Waals surface area contributed by atoms with Crippen molar-refractivity contribution in [3.63, 3.8) is 0 Å². The van der Waals surface area contributed by atoms with E-state index >= 15 is 0 Å². The Morgan fingerprint density at radius 3 is 2.64 bits per heavy atom. The Bertz CT molecular complexity index is 233. The van der Waals surface area contributed by atoms with Crippen molar-refractivity contribution in [3.8, 4) is 0 Å². The fourth-order valence-electron chi connectivity index (χ4n) is 3.70. The Kier molecular flexibility index (Phi) is 1.94. The predicted molar refractivity (Wildman–Crippen MR) is 55.8 cm³/mol.